The van der Waals surface area contributed by atoms with E-state index in [2.05, 4.69) is 17.2 Å². The molecule has 0 bridgehead atoms. The lowest BCUT2D eigenvalue weighted by Crippen LogP contribution is -2.37. The first-order valence-electron chi connectivity index (χ1n) is 7.00. The number of pyridine rings is 1. The molecule has 1 saturated carbocycles. The Kier molecular flexibility index (Phi) is 4.40. The van der Waals surface area contributed by atoms with E-state index in [0.717, 1.165) is 24.6 Å². The summed E-state index contributed by atoms with van der Waals surface area (Å²) in [5.74, 6) is 1.66. The van der Waals surface area contributed by atoms with Crippen LogP contribution in [0.15, 0.2) is 18.3 Å². The molecule has 2 rings (SSSR count). The van der Waals surface area contributed by atoms with Gasteiger partial charge < -0.3 is 10.2 Å². The van der Waals surface area contributed by atoms with Gasteiger partial charge in [-0.05, 0) is 43.7 Å². The summed E-state index contributed by atoms with van der Waals surface area (Å²) in [6.07, 6.45) is 6.26. The van der Waals surface area contributed by atoms with Crippen LogP contribution in [0.5, 0.6) is 0 Å². The lowest BCUT2D eigenvalue weighted by atomic mass is 9.87. The van der Waals surface area contributed by atoms with Gasteiger partial charge in [-0.25, -0.2) is 4.98 Å². The first-order chi connectivity index (χ1) is 9.06. The molecule has 1 aromatic rings. The summed E-state index contributed by atoms with van der Waals surface area (Å²) >= 11 is 0. The SMILES string of the molecule is CC1CCC(NC(=O)c2ccc(N(C)C)nc2)CC1. The number of carbonyl (C=O) groups is 1. The predicted octanol–water partition coefficient (Wildman–Crippen LogP) is 2.46. The van der Waals surface area contributed by atoms with Crippen LogP contribution in [0.2, 0.25) is 0 Å². The summed E-state index contributed by atoms with van der Waals surface area (Å²) in [5.41, 5.74) is 0.643. The zero-order chi connectivity index (χ0) is 13.8. The van der Waals surface area contributed by atoms with E-state index in [0.29, 0.717) is 11.6 Å². The van der Waals surface area contributed by atoms with Crippen LogP contribution in [0.25, 0.3) is 0 Å². The van der Waals surface area contributed by atoms with Gasteiger partial charge in [-0.1, -0.05) is 6.92 Å². The average Bonchev–Trinajstić information content (AvgIpc) is 2.41. The molecule has 1 aromatic heterocycles. The number of amides is 1. The lowest BCUT2D eigenvalue weighted by molar-refractivity contribution is 0.0922. The van der Waals surface area contributed by atoms with E-state index in [1.165, 1.54) is 12.8 Å². The van der Waals surface area contributed by atoms with Crippen molar-refractivity contribution >= 4 is 11.7 Å². The van der Waals surface area contributed by atoms with Crippen molar-refractivity contribution in [2.24, 2.45) is 5.92 Å². The molecular weight excluding hydrogens is 238 g/mol. The van der Waals surface area contributed by atoms with Gasteiger partial charge in [-0.15, -0.1) is 0 Å². The van der Waals surface area contributed by atoms with Gasteiger partial charge in [-0.2, -0.15) is 0 Å². The third-order valence-electron chi connectivity index (χ3n) is 3.82. The van der Waals surface area contributed by atoms with Gasteiger partial charge in [0.1, 0.15) is 5.82 Å². The van der Waals surface area contributed by atoms with Crippen molar-refractivity contribution in [3.05, 3.63) is 23.9 Å². The molecule has 19 heavy (non-hydrogen) atoms. The van der Waals surface area contributed by atoms with Crippen molar-refractivity contribution < 1.29 is 4.79 Å². The fourth-order valence-corrected chi connectivity index (χ4v) is 2.46. The van der Waals surface area contributed by atoms with Gasteiger partial charge in [0.15, 0.2) is 0 Å². The highest BCUT2D eigenvalue weighted by atomic mass is 16.1. The van der Waals surface area contributed by atoms with Gasteiger partial charge in [0.05, 0.1) is 5.56 Å². The minimum absolute atomic E-state index is 0.00245. The highest BCUT2D eigenvalue weighted by molar-refractivity contribution is 5.94. The second-order valence-electron chi connectivity index (χ2n) is 5.73. The number of aromatic nitrogens is 1. The van der Waals surface area contributed by atoms with E-state index in [-0.39, 0.29) is 5.91 Å². The number of nitrogens with one attached hydrogen (secondary N) is 1. The Hall–Kier alpha value is -1.58. The van der Waals surface area contributed by atoms with E-state index >= 15 is 0 Å². The maximum atomic E-state index is 12.1. The maximum absolute atomic E-state index is 12.1. The fraction of sp³-hybridized carbons (Fsp3) is 0.600. The van der Waals surface area contributed by atoms with Gasteiger partial charge >= 0.3 is 0 Å². The van der Waals surface area contributed by atoms with Crippen molar-refractivity contribution in [1.82, 2.24) is 10.3 Å². The van der Waals surface area contributed by atoms with E-state index in [1.807, 2.05) is 31.1 Å². The Morgan fingerprint density at radius 1 is 1.26 bits per heavy atom. The summed E-state index contributed by atoms with van der Waals surface area (Å²) in [7, 11) is 3.87. The Bertz CT molecular complexity index is 420. The molecule has 0 atom stereocenters. The van der Waals surface area contributed by atoms with Crippen LogP contribution in [-0.4, -0.2) is 31.0 Å². The molecule has 4 heteroatoms. The molecule has 0 saturated heterocycles. The molecule has 0 radical (unpaired) electrons. The predicted molar refractivity (Wildman–Crippen MR) is 77.5 cm³/mol. The highest BCUT2D eigenvalue weighted by Gasteiger charge is 2.20. The van der Waals surface area contributed by atoms with Crippen molar-refractivity contribution in [3.63, 3.8) is 0 Å². The molecule has 1 heterocycles. The molecule has 1 aliphatic carbocycles. The minimum atomic E-state index is -0.00245. The van der Waals surface area contributed by atoms with Gasteiger partial charge in [0.25, 0.3) is 5.91 Å². The van der Waals surface area contributed by atoms with Crippen LogP contribution in [0.4, 0.5) is 5.82 Å². The Balaban J connectivity index is 1.92. The molecule has 4 nitrogen and oxygen atoms in total. The number of hydrogen-bond acceptors (Lipinski definition) is 3. The molecule has 1 aliphatic rings. The Morgan fingerprint density at radius 3 is 2.47 bits per heavy atom. The van der Waals surface area contributed by atoms with Gasteiger partial charge in [0.2, 0.25) is 0 Å². The molecule has 0 aliphatic heterocycles. The summed E-state index contributed by atoms with van der Waals surface area (Å²) in [6.45, 7) is 2.28. The number of rotatable bonds is 3. The quantitative estimate of drug-likeness (QED) is 0.909. The van der Waals surface area contributed by atoms with Crippen molar-refractivity contribution in [2.75, 3.05) is 19.0 Å². The largest absolute Gasteiger partial charge is 0.363 e. The first-order valence-corrected chi connectivity index (χ1v) is 7.00. The second kappa shape index (κ2) is 6.04. The lowest BCUT2D eigenvalue weighted by Gasteiger charge is -2.26. The first kappa shape index (κ1) is 13.8. The number of nitrogens with zero attached hydrogens (tertiary/aromatic N) is 2. The molecule has 0 unspecified atom stereocenters. The zero-order valence-electron chi connectivity index (χ0n) is 12.0. The average molecular weight is 261 g/mol. The van der Waals surface area contributed by atoms with E-state index < -0.39 is 0 Å². The molecular formula is C15H23N3O. The number of anilines is 1. The fourth-order valence-electron chi connectivity index (χ4n) is 2.46. The van der Waals surface area contributed by atoms with Gasteiger partial charge in [-0.3, -0.25) is 4.79 Å². The summed E-state index contributed by atoms with van der Waals surface area (Å²) in [5, 5.41) is 3.11. The minimum Gasteiger partial charge on any atom is -0.363 e. The zero-order valence-corrected chi connectivity index (χ0v) is 12.0. The Morgan fingerprint density at radius 2 is 1.95 bits per heavy atom. The van der Waals surface area contributed by atoms with E-state index in [9.17, 15) is 4.79 Å². The monoisotopic (exact) mass is 261 g/mol. The van der Waals surface area contributed by atoms with E-state index in [4.69, 9.17) is 0 Å². The molecule has 1 amide bonds. The van der Waals surface area contributed by atoms with Crippen LogP contribution < -0.4 is 10.2 Å². The highest BCUT2D eigenvalue weighted by Crippen LogP contribution is 2.23. The number of carbonyl (C=O) groups excluding carboxylic acids is 1. The van der Waals surface area contributed by atoms with Crippen LogP contribution in [-0.2, 0) is 0 Å². The van der Waals surface area contributed by atoms with Crippen LogP contribution >= 0.6 is 0 Å². The Labute approximate surface area is 115 Å². The van der Waals surface area contributed by atoms with Gasteiger partial charge in [0, 0.05) is 26.3 Å². The standard InChI is InChI=1S/C15H23N3O/c1-11-4-7-13(8-5-11)17-15(19)12-6-9-14(16-10-12)18(2)3/h6,9-11,13H,4-5,7-8H2,1-3H3,(H,17,19). The third-order valence-corrected chi connectivity index (χ3v) is 3.82. The topological polar surface area (TPSA) is 45.2 Å². The van der Waals surface area contributed by atoms with Crippen LogP contribution in [0, 0.1) is 5.92 Å². The normalized spacial score (nSPS) is 22.9. The van der Waals surface area contributed by atoms with Crippen LogP contribution in [0.1, 0.15) is 43.0 Å². The third kappa shape index (κ3) is 3.69. The van der Waals surface area contributed by atoms with Crippen molar-refractivity contribution in [1.29, 1.82) is 0 Å². The molecule has 0 spiro atoms. The summed E-state index contributed by atoms with van der Waals surface area (Å²) < 4.78 is 0. The maximum Gasteiger partial charge on any atom is 0.253 e. The van der Waals surface area contributed by atoms with Crippen LogP contribution in [0.3, 0.4) is 0 Å². The number of hydrogen-bond donors (Lipinski definition) is 1. The second-order valence-corrected chi connectivity index (χ2v) is 5.73. The molecule has 1 fully saturated rings. The molecule has 0 aromatic carbocycles. The molecule has 1 N–H and O–H groups in total. The van der Waals surface area contributed by atoms with Crippen molar-refractivity contribution in [3.8, 4) is 0 Å². The molecule has 104 valence electrons. The summed E-state index contributed by atoms with van der Waals surface area (Å²) in [4.78, 5) is 18.3. The van der Waals surface area contributed by atoms with Crippen molar-refractivity contribution in [2.45, 2.75) is 38.6 Å². The van der Waals surface area contributed by atoms with E-state index in [1.54, 1.807) is 6.20 Å². The smallest absolute Gasteiger partial charge is 0.253 e. The summed E-state index contributed by atoms with van der Waals surface area (Å²) in [6, 6.07) is 4.04.